The molecule has 0 aromatic heterocycles. The predicted molar refractivity (Wildman–Crippen MR) is 63.9 cm³/mol. The third kappa shape index (κ3) is 2.45. The summed E-state index contributed by atoms with van der Waals surface area (Å²) in [6, 6.07) is 5.90. The zero-order chi connectivity index (χ0) is 11.4. The van der Waals surface area contributed by atoms with E-state index in [0.29, 0.717) is 6.61 Å². The van der Waals surface area contributed by atoms with Crippen molar-refractivity contribution in [2.45, 2.75) is 19.8 Å². The molecule has 0 spiro atoms. The molecule has 0 fully saturated rings. The largest absolute Gasteiger partial charge is 0.450 e. The molecular weight excluding hydrogens is 204 g/mol. The molecule has 0 saturated heterocycles. The van der Waals surface area contributed by atoms with E-state index in [1.54, 1.807) is 6.92 Å². The molecule has 4 heteroatoms. The Morgan fingerprint density at radius 1 is 1.56 bits per heavy atom. The predicted octanol–water partition coefficient (Wildman–Crippen LogP) is 2.61. The molecule has 0 aliphatic carbocycles. The van der Waals surface area contributed by atoms with E-state index < -0.39 is 6.09 Å². The molecule has 0 radical (unpaired) electrons. The number of ether oxygens (including phenoxy) is 1. The molecule has 2 N–H and O–H groups in total. The van der Waals surface area contributed by atoms with Crippen LogP contribution >= 0.6 is 0 Å². The maximum Gasteiger partial charge on any atom is 0.411 e. The normalized spacial score (nSPS) is 13.6. The topological polar surface area (TPSA) is 50.4 Å². The molecule has 1 aromatic rings. The Morgan fingerprint density at radius 2 is 2.44 bits per heavy atom. The zero-order valence-corrected chi connectivity index (χ0v) is 9.38. The lowest BCUT2D eigenvalue weighted by Gasteiger charge is -2.18. The van der Waals surface area contributed by atoms with Crippen LogP contribution in [0, 0.1) is 0 Å². The maximum absolute atomic E-state index is 11.2. The summed E-state index contributed by atoms with van der Waals surface area (Å²) in [5.74, 6) is 0. The summed E-state index contributed by atoms with van der Waals surface area (Å²) in [7, 11) is 0. The van der Waals surface area contributed by atoms with Crippen molar-refractivity contribution in [1.82, 2.24) is 0 Å². The second kappa shape index (κ2) is 4.88. The molecule has 0 atom stereocenters. The summed E-state index contributed by atoms with van der Waals surface area (Å²) in [5, 5.41) is 6.01. The SMILES string of the molecule is CCOC(=O)Nc1ccc2c(c1)NCCC2. The van der Waals surface area contributed by atoms with E-state index in [4.69, 9.17) is 4.74 Å². The maximum atomic E-state index is 11.2. The Labute approximate surface area is 95.0 Å². The Morgan fingerprint density at radius 3 is 3.25 bits per heavy atom. The van der Waals surface area contributed by atoms with E-state index >= 15 is 0 Å². The summed E-state index contributed by atoms with van der Waals surface area (Å²) in [6.45, 7) is 3.17. The van der Waals surface area contributed by atoms with Crippen LogP contribution in [0.3, 0.4) is 0 Å². The van der Waals surface area contributed by atoms with Crippen molar-refractivity contribution >= 4 is 17.5 Å². The van der Waals surface area contributed by atoms with Gasteiger partial charge in [-0.05, 0) is 37.5 Å². The number of hydrogen-bond acceptors (Lipinski definition) is 3. The minimum atomic E-state index is -0.404. The fourth-order valence-corrected chi connectivity index (χ4v) is 1.82. The van der Waals surface area contributed by atoms with Gasteiger partial charge in [-0.25, -0.2) is 4.79 Å². The van der Waals surface area contributed by atoms with Crippen molar-refractivity contribution in [3.63, 3.8) is 0 Å². The van der Waals surface area contributed by atoms with E-state index in [2.05, 4.69) is 10.6 Å². The Hall–Kier alpha value is -1.71. The molecule has 16 heavy (non-hydrogen) atoms. The molecule has 86 valence electrons. The fraction of sp³-hybridized carbons (Fsp3) is 0.417. The highest BCUT2D eigenvalue weighted by Gasteiger charge is 2.09. The van der Waals surface area contributed by atoms with Gasteiger partial charge >= 0.3 is 6.09 Å². The number of benzene rings is 1. The van der Waals surface area contributed by atoms with Crippen molar-refractivity contribution in [3.05, 3.63) is 23.8 Å². The molecule has 1 amide bonds. The third-order valence-electron chi connectivity index (χ3n) is 2.57. The zero-order valence-electron chi connectivity index (χ0n) is 9.38. The highest BCUT2D eigenvalue weighted by molar-refractivity contribution is 5.85. The summed E-state index contributed by atoms with van der Waals surface area (Å²) in [6.07, 6.45) is 1.86. The number of hydrogen-bond donors (Lipinski definition) is 2. The van der Waals surface area contributed by atoms with Crippen LogP contribution in [-0.4, -0.2) is 19.2 Å². The third-order valence-corrected chi connectivity index (χ3v) is 2.57. The Balaban J connectivity index is 2.08. The first kappa shape index (κ1) is 10.8. The number of carbonyl (C=O) groups is 1. The summed E-state index contributed by atoms with van der Waals surface area (Å²) >= 11 is 0. The number of carbonyl (C=O) groups excluding carboxylic acids is 1. The van der Waals surface area contributed by atoms with Crippen LogP contribution in [0.2, 0.25) is 0 Å². The van der Waals surface area contributed by atoms with Crippen LogP contribution in [0.5, 0.6) is 0 Å². The van der Waals surface area contributed by atoms with Crippen molar-refractivity contribution in [3.8, 4) is 0 Å². The van der Waals surface area contributed by atoms with Gasteiger partial charge in [0.2, 0.25) is 0 Å². The first-order chi connectivity index (χ1) is 7.79. The summed E-state index contributed by atoms with van der Waals surface area (Å²) in [4.78, 5) is 11.2. The van der Waals surface area contributed by atoms with Crippen molar-refractivity contribution < 1.29 is 9.53 Å². The first-order valence-corrected chi connectivity index (χ1v) is 5.60. The quantitative estimate of drug-likeness (QED) is 0.805. The van der Waals surface area contributed by atoms with Gasteiger partial charge < -0.3 is 10.1 Å². The van der Waals surface area contributed by atoms with Gasteiger partial charge in [0, 0.05) is 17.9 Å². The van der Waals surface area contributed by atoms with Gasteiger partial charge in [0.05, 0.1) is 6.61 Å². The van der Waals surface area contributed by atoms with E-state index in [-0.39, 0.29) is 0 Å². The van der Waals surface area contributed by atoms with Gasteiger partial charge in [-0.3, -0.25) is 5.32 Å². The highest BCUT2D eigenvalue weighted by Crippen LogP contribution is 2.25. The van der Waals surface area contributed by atoms with E-state index in [9.17, 15) is 4.79 Å². The van der Waals surface area contributed by atoms with Gasteiger partial charge in [-0.1, -0.05) is 6.07 Å². The number of aryl methyl sites for hydroxylation is 1. The number of nitrogens with one attached hydrogen (secondary N) is 2. The molecule has 0 unspecified atom stereocenters. The summed E-state index contributed by atoms with van der Waals surface area (Å²) < 4.78 is 4.82. The van der Waals surface area contributed by atoms with Crippen molar-refractivity contribution in [2.24, 2.45) is 0 Å². The average Bonchev–Trinajstić information content (AvgIpc) is 2.29. The van der Waals surface area contributed by atoms with Gasteiger partial charge in [0.1, 0.15) is 0 Å². The van der Waals surface area contributed by atoms with Crippen LogP contribution in [0.4, 0.5) is 16.2 Å². The van der Waals surface area contributed by atoms with Gasteiger partial charge in [-0.15, -0.1) is 0 Å². The van der Waals surface area contributed by atoms with Crippen LogP contribution < -0.4 is 10.6 Å². The lowest BCUT2D eigenvalue weighted by molar-refractivity contribution is 0.168. The fourth-order valence-electron chi connectivity index (χ4n) is 1.82. The standard InChI is InChI=1S/C12H16N2O2/c1-2-16-12(15)14-10-6-5-9-4-3-7-13-11(9)8-10/h5-6,8,13H,2-4,7H2,1H3,(H,14,15). The Kier molecular flexibility index (Phi) is 3.29. The molecule has 0 saturated carbocycles. The van der Waals surface area contributed by atoms with E-state index in [1.165, 1.54) is 5.56 Å². The summed E-state index contributed by atoms with van der Waals surface area (Å²) in [5.41, 5.74) is 3.19. The molecule has 1 heterocycles. The average molecular weight is 220 g/mol. The van der Waals surface area contributed by atoms with Crippen molar-refractivity contribution in [1.29, 1.82) is 0 Å². The van der Waals surface area contributed by atoms with E-state index in [1.807, 2.05) is 18.2 Å². The van der Waals surface area contributed by atoms with Crippen LogP contribution in [0.15, 0.2) is 18.2 Å². The van der Waals surface area contributed by atoms with Gasteiger partial charge in [0.15, 0.2) is 0 Å². The number of fused-ring (bicyclic) bond motifs is 1. The molecular formula is C12H16N2O2. The van der Waals surface area contributed by atoms with Crippen molar-refractivity contribution in [2.75, 3.05) is 23.8 Å². The second-order valence-corrected chi connectivity index (χ2v) is 3.75. The molecule has 1 aromatic carbocycles. The molecule has 1 aliphatic heterocycles. The smallest absolute Gasteiger partial charge is 0.411 e. The second-order valence-electron chi connectivity index (χ2n) is 3.75. The number of rotatable bonds is 2. The van der Waals surface area contributed by atoms with E-state index in [0.717, 1.165) is 30.8 Å². The van der Waals surface area contributed by atoms with Gasteiger partial charge in [0.25, 0.3) is 0 Å². The molecule has 2 rings (SSSR count). The number of amides is 1. The molecule has 1 aliphatic rings. The van der Waals surface area contributed by atoms with Crippen LogP contribution in [0.25, 0.3) is 0 Å². The highest BCUT2D eigenvalue weighted by atomic mass is 16.5. The first-order valence-electron chi connectivity index (χ1n) is 5.60. The molecule has 4 nitrogen and oxygen atoms in total. The van der Waals surface area contributed by atoms with Crippen LogP contribution in [0.1, 0.15) is 18.9 Å². The lowest BCUT2D eigenvalue weighted by Crippen LogP contribution is -2.15. The monoisotopic (exact) mass is 220 g/mol. The van der Waals surface area contributed by atoms with Gasteiger partial charge in [-0.2, -0.15) is 0 Å². The lowest BCUT2D eigenvalue weighted by atomic mass is 10.0. The minimum absolute atomic E-state index is 0.384. The molecule has 0 bridgehead atoms. The van der Waals surface area contributed by atoms with Crippen LogP contribution in [-0.2, 0) is 11.2 Å². The minimum Gasteiger partial charge on any atom is -0.450 e. The number of anilines is 2. The Bertz CT molecular complexity index is 391.